The summed E-state index contributed by atoms with van der Waals surface area (Å²) in [5.74, 6) is 0.0404. The smallest absolute Gasteiger partial charge is 0.229 e. The van der Waals surface area contributed by atoms with Gasteiger partial charge in [0.15, 0.2) is 0 Å². The minimum atomic E-state index is -0.217. The van der Waals surface area contributed by atoms with Gasteiger partial charge in [0, 0.05) is 26.6 Å². The zero-order chi connectivity index (χ0) is 16.2. The lowest BCUT2D eigenvalue weighted by Gasteiger charge is -2.29. The van der Waals surface area contributed by atoms with E-state index < -0.39 is 0 Å². The molecule has 5 nitrogen and oxygen atoms in total. The van der Waals surface area contributed by atoms with E-state index in [0.717, 1.165) is 12.8 Å². The highest BCUT2D eigenvalue weighted by Crippen LogP contribution is 2.20. The summed E-state index contributed by atoms with van der Waals surface area (Å²) in [4.78, 5) is 28.5. The van der Waals surface area contributed by atoms with Crippen LogP contribution < -0.4 is 0 Å². The molecule has 2 fully saturated rings. The first kappa shape index (κ1) is 16.0. The molecule has 2 aliphatic heterocycles. The number of nitrogens with zero attached hydrogens (tertiary/aromatic N) is 2. The van der Waals surface area contributed by atoms with Gasteiger partial charge in [-0.3, -0.25) is 9.59 Å². The van der Waals surface area contributed by atoms with Crippen molar-refractivity contribution in [3.05, 3.63) is 35.9 Å². The van der Waals surface area contributed by atoms with Crippen LogP contribution in [0.1, 0.15) is 18.4 Å². The van der Waals surface area contributed by atoms with Gasteiger partial charge in [0.2, 0.25) is 11.8 Å². The van der Waals surface area contributed by atoms with Crippen molar-refractivity contribution in [3.63, 3.8) is 0 Å². The number of carbonyl (C=O) groups excluding carboxylic acids is 2. The van der Waals surface area contributed by atoms with Crippen molar-refractivity contribution in [1.82, 2.24) is 9.80 Å². The molecule has 0 radical (unpaired) electrons. The maximum Gasteiger partial charge on any atom is 0.229 e. The molecule has 2 amide bonds. The summed E-state index contributed by atoms with van der Waals surface area (Å²) >= 11 is 0. The molecule has 5 heteroatoms. The molecule has 3 rings (SSSR count). The Labute approximate surface area is 137 Å². The summed E-state index contributed by atoms with van der Waals surface area (Å²) in [6, 6.07) is 10.2. The summed E-state index contributed by atoms with van der Waals surface area (Å²) in [6.07, 6.45) is 2.29. The number of hydrogen-bond acceptors (Lipinski definition) is 3. The Balaban J connectivity index is 1.56. The van der Waals surface area contributed by atoms with Gasteiger partial charge in [-0.15, -0.1) is 0 Å². The number of aryl methyl sites for hydroxylation is 1. The number of fused-ring (bicyclic) bond motifs is 3. The van der Waals surface area contributed by atoms with Crippen molar-refractivity contribution in [1.29, 1.82) is 0 Å². The van der Waals surface area contributed by atoms with Crippen LogP contribution in [0.15, 0.2) is 30.3 Å². The van der Waals surface area contributed by atoms with Gasteiger partial charge in [-0.1, -0.05) is 30.3 Å². The van der Waals surface area contributed by atoms with E-state index in [-0.39, 0.29) is 23.8 Å². The van der Waals surface area contributed by atoms with Crippen LogP contribution in [0.4, 0.5) is 0 Å². The zero-order valence-corrected chi connectivity index (χ0v) is 13.6. The SMILES string of the molecule is CN1C(=O)[C@H]2COC[C@@H]1CN(C(=O)CCCc1ccccc1)C2. The van der Waals surface area contributed by atoms with Crippen LogP contribution in [0.3, 0.4) is 0 Å². The third-order valence-corrected chi connectivity index (χ3v) is 4.80. The van der Waals surface area contributed by atoms with Crippen LogP contribution in [0.2, 0.25) is 0 Å². The maximum absolute atomic E-state index is 12.5. The van der Waals surface area contributed by atoms with Gasteiger partial charge in [0.05, 0.1) is 25.2 Å². The molecule has 0 spiro atoms. The molecule has 2 heterocycles. The van der Waals surface area contributed by atoms with E-state index in [1.807, 2.05) is 30.1 Å². The molecule has 0 aliphatic carbocycles. The molecular weight excluding hydrogens is 292 g/mol. The molecule has 0 saturated carbocycles. The van der Waals surface area contributed by atoms with Crippen molar-refractivity contribution < 1.29 is 14.3 Å². The Kier molecular flexibility index (Phi) is 4.96. The summed E-state index contributed by atoms with van der Waals surface area (Å²) in [5.41, 5.74) is 1.26. The molecule has 23 heavy (non-hydrogen) atoms. The van der Waals surface area contributed by atoms with Crippen molar-refractivity contribution in [2.75, 3.05) is 33.4 Å². The van der Waals surface area contributed by atoms with Gasteiger partial charge >= 0.3 is 0 Å². The first-order chi connectivity index (χ1) is 11.1. The van der Waals surface area contributed by atoms with E-state index >= 15 is 0 Å². The fourth-order valence-corrected chi connectivity index (χ4v) is 3.35. The summed E-state index contributed by atoms with van der Waals surface area (Å²) in [5, 5.41) is 0. The predicted octanol–water partition coefficient (Wildman–Crippen LogP) is 1.32. The van der Waals surface area contributed by atoms with Gasteiger partial charge in [-0.25, -0.2) is 0 Å². The normalized spacial score (nSPS) is 24.5. The average Bonchev–Trinajstić information content (AvgIpc) is 2.74. The molecule has 2 saturated heterocycles. The van der Waals surface area contributed by atoms with Gasteiger partial charge in [-0.2, -0.15) is 0 Å². The van der Waals surface area contributed by atoms with Crippen molar-refractivity contribution in [2.24, 2.45) is 5.92 Å². The van der Waals surface area contributed by atoms with Crippen LogP contribution in [-0.2, 0) is 20.7 Å². The van der Waals surface area contributed by atoms with Crippen molar-refractivity contribution in [2.45, 2.75) is 25.3 Å². The number of hydrogen-bond donors (Lipinski definition) is 0. The first-order valence-corrected chi connectivity index (χ1v) is 8.31. The third-order valence-electron chi connectivity index (χ3n) is 4.80. The van der Waals surface area contributed by atoms with Gasteiger partial charge < -0.3 is 14.5 Å². The second-order valence-electron chi connectivity index (χ2n) is 6.48. The number of rotatable bonds is 4. The molecule has 2 aliphatic rings. The lowest BCUT2D eigenvalue weighted by atomic mass is 10.1. The molecule has 0 N–H and O–H groups in total. The lowest BCUT2D eigenvalue weighted by molar-refractivity contribution is -0.134. The van der Waals surface area contributed by atoms with Crippen molar-refractivity contribution in [3.8, 4) is 0 Å². The monoisotopic (exact) mass is 316 g/mol. The number of amides is 2. The topological polar surface area (TPSA) is 49.9 Å². The first-order valence-electron chi connectivity index (χ1n) is 8.31. The van der Waals surface area contributed by atoms with Crippen molar-refractivity contribution >= 4 is 11.8 Å². The highest BCUT2D eigenvalue weighted by Gasteiger charge is 2.38. The second kappa shape index (κ2) is 7.13. The molecule has 1 aromatic carbocycles. The Bertz CT molecular complexity index is 561. The van der Waals surface area contributed by atoms with E-state index in [4.69, 9.17) is 4.74 Å². The largest absolute Gasteiger partial charge is 0.378 e. The van der Waals surface area contributed by atoms with Gasteiger partial charge in [-0.05, 0) is 18.4 Å². The number of likely N-dealkylation sites (N-methyl/N-ethyl adjacent to an activating group) is 1. The molecular formula is C18H24N2O3. The second-order valence-corrected chi connectivity index (χ2v) is 6.48. The fraction of sp³-hybridized carbons (Fsp3) is 0.556. The third kappa shape index (κ3) is 3.72. The maximum atomic E-state index is 12.5. The Morgan fingerprint density at radius 2 is 2.00 bits per heavy atom. The molecule has 0 aromatic heterocycles. The number of carbonyl (C=O) groups is 2. The number of ether oxygens (including phenoxy) is 1. The zero-order valence-electron chi connectivity index (χ0n) is 13.6. The summed E-state index contributed by atoms with van der Waals surface area (Å²) in [7, 11) is 1.82. The lowest BCUT2D eigenvalue weighted by Crippen LogP contribution is -2.45. The van der Waals surface area contributed by atoms with E-state index in [0.29, 0.717) is 32.7 Å². The summed E-state index contributed by atoms with van der Waals surface area (Å²) < 4.78 is 5.57. The van der Waals surface area contributed by atoms with Crippen LogP contribution in [0.25, 0.3) is 0 Å². The predicted molar refractivity (Wildman–Crippen MR) is 86.8 cm³/mol. The molecule has 1 aromatic rings. The Morgan fingerprint density at radius 1 is 1.22 bits per heavy atom. The van der Waals surface area contributed by atoms with E-state index in [9.17, 15) is 9.59 Å². The minimum absolute atomic E-state index is 0.0203. The van der Waals surface area contributed by atoms with Gasteiger partial charge in [0.1, 0.15) is 0 Å². The van der Waals surface area contributed by atoms with Crippen LogP contribution in [0, 0.1) is 5.92 Å². The standard InChI is InChI=1S/C18H24N2O3/c1-19-16-11-20(10-15(18(19)22)12-23-13-16)17(21)9-5-8-14-6-3-2-4-7-14/h2-4,6-7,15-16H,5,8-13H2,1H3/t15-,16+/m1/s1. The van der Waals surface area contributed by atoms with Crippen LogP contribution in [0.5, 0.6) is 0 Å². The van der Waals surface area contributed by atoms with E-state index in [1.165, 1.54) is 5.56 Å². The van der Waals surface area contributed by atoms with Crippen LogP contribution in [-0.4, -0.2) is 61.0 Å². The molecule has 2 bridgehead atoms. The Morgan fingerprint density at radius 3 is 2.78 bits per heavy atom. The quantitative estimate of drug-likeness (QED) is 0.842. The average molecular weight is 316 g/mol. The van der Waals surface area contributed by atoms with E-state index in [2.05, 4.69) is 12.1 Å². The minimum Gasteiger partial charge on any atom is -0.378 e. The highest BCUT2D eigenvalue weighted by atomic mass is 16.5. The van der Waals surface area contributed by atoms with E-state index in [1.54, 1.807) is 4.90 Å². The Hall–Kier alpha value is -1.88. The molecule has 2 atom stereocenters. The van der Waals surface area contributed by atoms with Crippen LogP contribution >= 0.6 is 0 Å². The summed E-state index contributed by atoms with van der Waals surface area (Å²) in [6.45, 7) is 2.02. The molecule has 124 valence electrons. The molecule has 0 unspecified atom stereocenters. The van der Waals surface area contributed by atoms with Gasteiger partial charge in [0.25, 0.3) is 0 Å². The number of benzene rings is 1. The highest BCUT2D eigenvalue weighted by molar-refractivity contribution is 5.82. The fourth-order valence-electron chi connectivity index (χ4n) is 3.35.